The van der Waals surface area contributed by atoms with Crippen LogP contribution in [0.25, 0.3) is 0 Å². The van der Waals surface area contributed by atoms with Crippen molar-refractivity contribution >= 4 is 11.6 Å². The molecule has 0 aromatic heterocycles. The van der Waals surface area contributed by atoms with Gasteiger partial charge in [-0.15, -0.1) is 0 Å². The van der Waals surface area contributed by atoms with Crippen LogP contribution in [-0.2, 0) is 4.74 Å². The third kappa shape index (κ3) is 1.90. The molecule has 1 rings (SSSR count). The number of benzene rings is 1. The molecule has 12 heavy (non-hydrogen) atoms. The van der Waals surface area contributed by atoms with Crippen LogP contribution < -0.4 is 4.74 Å². The van der Waals surface area contributed by atoms with Crippen LogP contribution in [0.5, 0.6) is 5.75 Å². The Morgan fingerprint density at radius 3 is 2.50 bits per heavy atom. The third-order valence-corrected chi connectivity index (χ3v) is 2.00. The summed E-state index contributed by atoms with van der Waals surface area (Å²) >= 11 is 5.87. The van der Waals surface area contributed by atoms with Gasteiger partial charge in [-0.05, 0) is 6.07 Å². The van der Waals surface area contributed by atoms with Crippen molar-refractivity contribution in [1.29, 1.82) is 0 Å². The van der Waals surface area contributed by atoms with E-state index in [1.807, 2.05) is 24.3 Å². The Labute approximate surface area is 77.1 Å². The molecule has 1 unspecified atom stereocenters. The summed E-state index contributed by atoms with van der Waals surface area (Å²) in [6.45, 7) is 0. The SMILES string of the molecule is COc1ccccc1C(Cl)OC. The highest BCUT2D eigenvalue weighted by molar-refractivity contribution is 6.20. The van der Waals surface area contributed by atoms with Crippen LogP contribution in [-0.4, -0.2) is 14.2 Å². The monoisotopic (exact) mass is 186 g/mol. The number of ether oxygens (including phenoxy) is 2. The van der Waals surface area contributed by atoms with Crippen LogP contribution in [0.1, 0.15) is 11.1 Å². The number of halogens is 1. The Kier molecular flexibility index (Phi) is 3.38. The highest BCUT2D eigenvalue weighted by atomic mass is 35.5. The molecule has 1 atom stereocenters. The first-order valence-corrected chi connectivity index (χ1v) is 4.03. The molecular formula is C9H11ClO2. The fourth-order valence-electron chi connectivity index (χ4n) is 0.981. The lowest BCUT2D eigenvalue weighted by Crippen LogP contribution is -1.96. The highest BCUT2D eigenvalue weighted by Gasteiger charge is 2.10. The molecule has 0 aliphatic heterocycles. The van der Waals surface area contributed by atoms with Crippen molar-refractivity contribution in [3.63, 3.8) is 0 Å². The zero-order valence-corrected chi connectivity index (χ0v) is 7.84. The summed E-state index contributed by atoms with van der Waals surface area (Å²) in [5.41, 5.74) is 0.408. The largest absolute Gasteiger partial charge is 0.496 e. The lowest BCUT2D eigenvalue weighted by molar-refractivity contribution is 0.166. The van der Waals surface area contributed by atoms with Gasteiger partial charge >= 0.3 is 0 Å². The van der Waals surface area contributed by atoms with E-state index in [1.165, 1.54) is 0 Å². The second kappa shape index (κ2) is 4.33. The summed E-state index contributed by atoms with van der Waals surface area (Å²) in [5, 5.41) is 0. The van der Waals surface area contributed by atoms with Crippen LogP contribution in [0.15, 0.2) is 24.3 Å². The van der Waals surface area contributed by atoms with Gasteiger partial charge in [0.05, 0.1) is 7.11 Å². The lowest BCUT2D eigenvalue weighted by atomic mass is 10.2. The van der Waals surface area contributed by atoms with E-state index >= 15 is 0 Å². The molecule has 1 aromatic carbocycles. The van der Waals surface area contributed by atoms with Crippen LogP contribution in [0, 0.1) is 0 Å². The van der Waals surface area contributed by atoms with E-state index in [-0.39, 0.29) is 0 Å². The maximum Gasteiger partial charge on any atom is 0.159 e. The first kappa shape index (κ1) is 9.36. The average Bonchev–Trinajstić information content (AvgIpc) is 2.16. The molecule has 0 spiro atoms. The zero-order valence-electron chi connectivity index (χ0n) is 7.08. The molecule has 0 heterocycles. The van der Waals surface area contributed by atoms with Gasteiger partial charge in [-0.3, -0.25) is 0 Å². The van der Waals surface area contributed by atoms with Gasteiger partial charge in [0.2, 0.25) is 0 Å². The van der Waals surface area contributed by atoms with Crippen molar-refractivity contribution in [2.45, 2.75) is 5.56 Å². The van der Waals surface area contributed by atoms with Crippen molar-refractivity contribution in [1.82, 2.24) is 0 Å². The summed E-state index contributed by atoms with van der Waals surface area (Å²) in [6, 6.07) is 7.51. The Hall–Kier alpha value is -0.730. The molecule has 66 valence electrons. The number of hydrogen-bond donors (Lipinski definition) is 0. The quantitative estimate of drug-likeness (QED) is 0.676. The summed E-state index contributed by atoms with van der Waals surface area (Å²) in [4.78, 5) is 0. The average molecular weight is 187 g/mol. The van der Waals surface area contributed by atoms with Crippen molar-refractivity contribution < 1.29 is 9.47 Å². The van der Waals surface area contributed by atoms with E-state index < -0.39 is 5.56 Å². The Bertz CT molecular complexity index is 250. The predicted octanol–water partition coefficient (Wildman–Crippen LogP) is 2.58. The highest BCUT2D eigenvalue weighted by Crippen LogP contribution is 2.29. The molecular weight excluding hydrogens is 176 g/mol. The van der Waals surface area contributed by atoms with Gasteiger partial charge in [0.25, 0.3) is 0 Å². The van der Waals surface area contributed by atoms with Gasteiger partial charge in [0, 0.05) is 12.7 Å². The molecule has 3 heteroatoms. The van der Waals surface area contributed by atoms with Crippen molar-refractivity contribution in [3.8, 4) is 5.75 Å². The van der Waals surface area contributed by atoms with Crippen LogP contribution in [0.4, 0.5) is 0 Å². The molecule has 2 nitrogen and oxygen atoms in total. The van der Waals surface area contributed by atoms with E-state index in [1.54, 1.807) is 14.2 Å². The predicted molar refractivity (Wildman–Crippen MR) is 48.6 cm³/mol. The molecule has 0 amide bonds. The standard InChI is InChI=1S/C9H11ClO2/c1-11-8-6-4-3-5-7(8)9(10)12-2/h3-6,9H,1-2H3. The molecule has 0 saturated heterocycles. The molecule has 0 aliphatic rings. The van der Waals surface area contributed by atoms with Gasteiger partial charge in [-0.25, -0.2) is 0 Å². The number of alkyl halides is 1. The molecule has 0 aliphatic carbocycles. The number of methoxy groups -OCH3 is 2. The summed E-state index contributed by atoms with van der Waals surface area (Å²) in [7, 11) is 3.17. The van der Waals surface area contributed by atoms with Crippen molar-refractivity contribution in [3.05, 3.63) is 29.8 Å². The van der Waals surface area contributed by atoms with Gasteiger partial charge < -0.3 is 9.47 Å². The third-order valence-electron chi connectivity index (χ3n) is 1.59. The molecule has 0 radical (unpaired) electrons. The lowest BCUT2D eigenvalue weighted by Gasteiger charge is -2.11. The van der Waals surface area contributed by atoms with E-state index in [0.29, 0.717) is 0 Å². The van der Waals surface area contributed by atoms with Gasteiger partial charge in [0.15, 0.2) is 5.56 Å². The van der Waals surface area contributed by atoms with Crippen molar-refractivity contribution in [2.75, 3.05) is 14.2 Å². The topological polar surface area (TPSA) is 18.5 Å². The molecule has 0 N–H and O–H groups in total. The van der Waals surface area contributed by atoms with E-state index in [9.17, 15) is 0 Å². The first-order chi connectivity index (χ1) is 5.79. The van der Waals surface area contributed by atoms with E-state index in [4.69, 9.17) is 21.1 Å². The van der Waals surface area contributed by atoms with Crippen LogP contribution >= 0.6 is 11.6 Å². The minimum atomic E-state index is -0.443. The second-order valence-electron chi connectivity index (χ2n) is 2.29. The van der Waals surface area contributed by atoms with Crippen LogP contribution in [0.3, 0.4) is 0 Å². The number of rotatable bonds is 3. The van der Waals surface area contributed by atoms with E-state index in [2.05, 4.69) is 0 Å². The molecule has 0 bridgehead atoms. The van der Waals surface area contributed by atoms with Crippen molar-refractivity contribution in [2.24, 2.45) is 0 Å². The maximum atomic E-state index is 5.87. The summed E-state index contributed by atoms with van der Waals surface area (Å²) < 4.78 is 10.1. The molecule has 0 fully saturated rings. The zero-order chi connectivity index (χ0) is 8.97. The summed E-state index contributed by atoms with van der Waals surface area (Å²) in [5.74, 6) is 0.749. The number of para-hydroxylation sites is 1. The summed E-state index contributed by atoms with van der Waals surface area (Å²) in [6.07, 6.45) is 0. The second-order valence-corrected chi connectivity index (χ2v) is 2.69. The maximum absolute atomic E-state index is 5.87. The van der Waals surface area contributed by atoms with Crippen LogP contribution in [0.2, 0.25) is 0 Å². The molecule has 0 saturated carbocycles. The molecule has 1 aromatic rings. The Balaban J connectivity index is 2.96. The smallest absolute Gasteiger partial charge is 0.159 e. The minimum Gasteiger partial charge on any atom is -0.496 e. The first-order valence-electron chi connectivity index (χ1n) is 3.59. The fraction of sp³-hybridized carbons (Fsp3) is 0.333. The Morgan fingerprint density at radius 2 is 1.92 bits per heavy atom. The van der Waals surface area contributed by atoms with E-state index in [0.717, 1.165) is 11.3 Å². The Morgan fingerprint density at radius 1 is 1.25 bits per heavy atom. The number of hydrogen-bond acceptors (Lipinski definition) is 2. The minimum absolute atomic E-state index is 0.443. The fourth-order valence-corrected chi connectivity index (χ4v) is 1.16. The normalized spacial score (nSPS) is 12.6. The van der Waals surface area contributed by atoms with Gasteiger partial charge in [-0.2, -0.15) is 0 Å². The van der Waals surface area contributed by atoms with Gasteiger partial charge in [0.1, 0.15) is 5.75 Å². The van der Waals surface area contributed by atoms with Gasteiger partial charge in [-0.1, -0.05) is 29.8 Å².